The van der Waals surface area contributed by atoms with E-state index in [1.165, 1.54) is 22.6 Å². The van der Waals surface area contributed by atoms with Gasteiger partial charge in [0, 0.05) is 25.3 Å². The maximum absolute atomic E-state index is 12.1. The molecular formula is C14H15BrN2O2S2. The summed E-state index contributed by atoms with van der Waals surface area (Å²) in [7, 11) is -3.40. The normalized spacial score (nSPS) is 14.4. The molecule has 112 valence electrons. The van der Waals surface area contributed by atoms with Crippen molar-refractivity contribution in [2.24, 2.45) is 0 Å². The zero-order chi connectivity index (χ0) is 14.9. The van der Waals surface area contributed by atoms with Gasteiger partial charge in [0.1, 0.15) is 4.21 Å². The Balaban J connectivity index is 1.60. The third kappa shape index (κ3) is 3.31. The molecule has 1 aliphatic rings. The van der Waals surface area contributed by atoms with Gasteiger partial charge in [0.05, 0.1) is 3.79 Å². The maximum Gasteiger partial charge on any atom is 0.250 e. The Morgan fingerprint density at radius 2 is 2.05 bits per heavy atom. The van der Waals surface area contributed by atoms with Crippen LogP contribution in [-0.4, -0.2) is 28.1 Å². The minimum Gasteiger partial charge on any atom is -0.370 e. The van der Waals surface area contributed by atoms with Gasteiger partial charge >= 0.3 is 0 Å². The van der Waals surface area contributed by atoms with Gasteiger partial charge < -0.3 is 4.90 Å². The molecule has 1 aliphatic heterocycles. The summed E-state index contributed by atoms with van der Waals surface area (Å²) in [5, 5.41) is 0. The molecule has 0 bridgehead atoms. The van der Waals surface area contributed by atoms with Crippen molar-refractivity contribution >= 4 is 43.0 Å². The van der Waals surface area contributed by atoms with Gasteiger partial charge in [-0.1, -0.05) is 18.2 Å². The van der Waals surface area contributed by atoms with Crippen LogP contribution in [-0.2, 0) is 16.4 Å². The van der Waals surface area contributed by atoms with Crippen molar-refractivity contribution in [1.82, 2.24) is 4.72 Å². The Kier molecular flexibility index (Phi) is 4.35. The van der Waals surface area contributed by atoms with Crippen molar-refractivity contribution in [2.75, 3.05) is 24.5 Å². The SMILES string of the molecule is O=S(=O)(NCCN1CCc2ccccc21)c1ccc(Br)s1. The van der Waals surface area contributed by atoms with E-state index >= 15 is 0 Å². The highest BCUT2D eigenvalue weighted by Gasteiger charge is 2.20. The molecule has 2 aromatic rings. The molecule has 21 heavy (non-hydrogen) atoms. The molecule has 0 saturated heterocycles. The lowest BCUT2D eigenvalue weighted by molar-refractivity contribution is 0.583. The standard InChI is InChI=1S/C14H15BrN2O2S2/c15-13-5-6-14(20-13)21(18,19)16-8-10-17-9-7-11-3-1-2-4-12(11)17/h1-6,16H,7-10H2. The number of halogens is 1. The monoisotopic (exact) mass is 386 g/mol. The molecule has 4 nitrogen and oxygen atoms in total. The van der Waals surface area contributed by atoms with Crippen LogP contribution in [0.15, 0.2) is 44.4 Å². The number of anilines is 1. The Morgan fingerprint density at radius 3 is 2.81 bits per heavy atom. The van der Waals surface area contributed by atoms with Crippen LogP contribution in [0.4, 0.5) is 5.69 Å². The molecule has 0 aliphatic carbocycles. The highest BCUT2D eigenvalue weighted by atomic mass is 79.9. The molecule has 0 spiro atoms. The average Bonchev–Trinajstić information content (AvgIpc) is 3.06. The number of thiophene rings is 1. The summed E-state index contributed by atoms with van der Waals surface area (Å²) in [6, 6.07) is 11.6. The fourth-order valence-corrected chi connectivity index (χ4v) is 5.54. The number of rotatable bonds is 5. The minimum atomic E-state index is -3.40. The fourth-order valence-electron chi connectivity index (χ4n) is 2.47. The zero-order valence-electron chi connectivity index (χ0n) is 11.3. The van der Waals surface area contributed by atoms with Gasteiger partial charge in [-0.05, 0) is 46.1 Å². The lowest BCUT2D eigenvalue weighted by Crippen LogP contribution is -2.33. The predicted molar refractivity (Wildman–Crippen MR) is 89.6 cm³/mol. The lowest BCUT2D eigenvalue weighted by atomic mass is 10.2. The molecule has 0 amide bonds. The second-order valence-corrected chi connectivity index (χ2v) is 9.28. The molecule has 0 saturated carbocycles. The van der Waals surface area contributed by atoms with Crippen molar-refractivity contribution < 1.29 is 8.42 Å². The summed E-state index contributed by atoms with van der Waals surface area (Å²) < 4.78 is 28.1. The molecule has 0 fully saturated rings. The minimum absolute atomic E-state index is 0.344. The van der Waals surface area contributed by atoms with Gasteiger partial charge in [0.2, 0.25) is 10.0 Å². The third-order valence-electron chi connectivity index (χ3n) is 3.47. The number of nitrogens with zero attached hydrogens (tertiary/aromatic N) is 1. The Labute approximate surface area is 137 Å². The summed E-state index contributed by atoms with van der Waals surface area (Å²) in [5.41, 5.74) is 2.55. The van der Waals surface area contributed by atoms with Crippen LogP contribution in [0, 0.1) is 0 Å². The number of sulfonamides is 1. The van der Waals surface area contributed by atoms with Gasteiger partial charge in [-0.2, -0.15) is 0 Å². The number of para-hydroxylation sites is 1. The molecule has 0 atom stereocenters. The van der Waals surface area contributed by atoms with Crippen LogP contribution in [0.2, 0.25) is 0 Å². The van der Waals surface area contributed by atoms with E-state index in [9.17, 15) is 8.42 Å². The van der Waals surface area contributed by atoms with Crippen molar-refractivity contribution in [3.05, 3.63) is 45.7 Å². The smallest absolute Gasteiger partial charge is 0.250 e. The first kappa shape index (κ1) is 15.0. The Bertz CT molecular complexity index is 743. The van der Waals surface area contributed by atoms with E-state index in [0.717, 1.165) is 16.8 Å². The molecule has 1 aromatic heterocycles. The summed E-state index contributed by atoms with van der Waals surface area (Å²) in [5.74, 6) is 0. The fraction of sp³-hybridized carbons (Fsp3) is 0.286. The van der Waals surface area contributed by atoms with Gasteiger partial charge in [-0.15, -0.1) is 11.3 Å². The number of benzene rings is 1. The first-order valence-electron chi connectivity index (χ1n) is 6.64. The van der Waals surface area contributed by atoms with E-state index in [4.69, 9.17) is 0 Å². The van der Waals surface area contributed by atoms with Crippen molar-refractivity contribution in [2.45, 2.75) is 10.6 Å². The van der Waals surface area contributed by atoms with Crippen molar-refractivity contribution in [3.63, 3.8) is 0 Å². The molecule has 1 aromatic carbocycles. The van der Waals surface area contributed by atoms with E-state index < -0.39 is 10.0 Å². The number of hydrogen-bond donors (Lipinski definition) is 1. The Morgan fingerprint density at radius 1 is 1.24 bits per heavy atom. The topological polar surface area (TPSA) is 49.4 Å². The molecule has 3 rings (SSSR count). The van der Waals surface area contributed by atoms with Crippen LogP contribution < -0.4 is 9.62 Å². The largest absolute Gasteiger partial charge is 0.370 e. The summed E-state index contributed by atoms with van der Waals surface area (Å²) in [6.07, 6.45) is 1.03. The van der Waals surface area contributed by atoms with Crippen LogP contribution in [0.25, 0.3) is 0 Å². The molecular weight excluding hydrogens is 372 g/mol. The van der Waals surface area contributed by atoms with Crippen LogP contribution in [0.3, 0.4) is 0 Å². The average molecular weight is 387 g/mol. The second kappa shape index (κ2) is 6.08. The molecule has 0 unspecified atom stereocenters. The summed E-state index contributed by atoms with van der Waals surface area (Å²) >= 11 is 4.50. The van der Waals surface area contributed by atoms with Crippen LogP contribution >= 0.6 is 27.3 Å². The van der Waals surface area contributed by atoms with E-state index in [-0.39, 0.29) is 0 Å². The number of hydrogen-bond acceptors (Lipinski definition) is 4. The third-order valence-corrected chi connectivity index (χ3v) is 7.05. The molecule has 2 heterocycles. The zero-order valence-corrected chi connectivity index (χ0v) is 14.5. The Hall–Kier alpha value is -0.890. The van der Waals surface area contributed by atoms with E-state index in [1.54, 1.807) is 12.1 Å². The van der Waals surface area contributed by atoms with Gasteiger partial charge in [0.15, 0.2) is 0 Å². The van der Waals surface area contributed by atoms with Crippen LogP contribution in [0.1, 0.15) is 5.56 Å². The van der Waals surface area contributed by atoms with E-state index in [1.807, 2.05) is 12.1 Å². The predicted octanol–water partition coefficient (Wildman–Crippen LogP) is 2.85. The molecule has 0 radical (unpaired) electrons. The van der Waals surface area contributed by atoms with Gasteiger partial charge in [-0.25, -0.2) is 13.1 Å². The molecule has 1 N–H and O–H groups in total. The van der Waals surface area contributed by atoms with Crippen molar-refractivity contribution in [3.8, 4) is 0 Å². The highest BCUT2D eigenvalue weighted by Crippen LogP contribution is 2.27. The first-order chi connectivity index (χ1) is 10.1. The lowest BCUT2D eigenvalue weighted by Gasteiger charge is -2.19. The quantitative estimate of drug-likeness (QED) is 0.859. The summed E-state index contributed by atoms with van der Waals surface area (Å²) in [4.78, 5) is 2.22. The van der Waals surface area contributed by atoms with Gasteiger partial charge in [-0.3, -0.25) is 0 Å². The van der Waals surface area contributed by atoms with Gasteiger partial charge in [0.25, 0.3) is 0 Å². The maximum atomic E-state index is 12.1. The summed E-state index contributed by atoms with van der Waals surface area (Å²) in [6.45, 7) is 2.04. The first-order valence-corrected chi connectivity index (χ1v) is 9.73. The van der Waals surface area contributed by atoms with E-state index in [2.05, 4.69) is 37.7 Å². The second-order valence-electron chi connectivity index (χ2n) is 4.82. The number of nitrogens with one attached hydrogen (secondary N) is 1. The van der Waals surface area contributed by atoms with Crippen LogP contribution in [0.5, 0.6) is 0 Å². The van der Waals surface area contributed by atoms with E-state index in [0.29, 0.717) is 17.3 Å². The molecule has 7 heteroatoms. The number of fused-ring (bicyclic) bond motifs is 1. The van der Waals surface area contributed by atoms with Crippen molar-refractivity contribution in [1.29, 1.82) is 0 Å². The highest BCUT2D eigenvalue weighted by molar-refractivity contribution is 9.11.